The summed E-state index contributed by atoms with van der Waals surface area (Å²) in [5.41, 5.74) is 20.5. The number of ketones is 2. The second-order valence-corrected chi connectivity index (χ2v) is 20.5. The summed E-state index contributed by atoms with van der Waals surface area (Å²) in [5.74, 6) is -0.752. The highest BCUT2D eigenvalue weighted by Gasteiger charge is 2.16. The minimum Gasteiger partial charge on any atom is -0.508 e. The van der Waals surface area contributed by atoms with Gasteiger partial charge in [-0.25, -0.2) is 19.2 Å². The van der Waals surface area contributed by atoms with Crippen LogP contribution < -0.4 is 30.4 Å². The van der Waals surface area contributed by atoms with Crippen LogP contribution in [0.2, 0.25) is 0 Å². The number of rotatable bonds is 16. The molecule has 11 rings (SSSR count). The fourth-order valence-electron chi connectivity index (χ4n) is 8.57. The van der Waals surface area contributed by atoms with E-state index in [2.05, 4.69) is 0 Å². The van der Waals surface area contributed by atoms with E-state index in [9.17, 15) is 59.1 Å². The van der Waals surface area contributed by atoms with E-state index in [4.69, 9.17) is 35.5 Å². The van der Waals surface area contributed by atoms with Crippen LogP contribution in [0.5, 0.6) is 28.7 Å². The van der Waals surface area contributed by atoms with Crippen LogP contribution in [-0.4, -0.2) is 63.7 Å². The van der Waals surface area contributed by atoms with Gasteiger partial charge in [-0.1, -0.05) is 97.1 Å². The van der Waals surface area contributed by atoms with Crippen LogP contribution in [0.3, 0.4) is 0 Å². The summed E-state index contributed by atoms with van der Waals surface area (Å²) in [7, 11) is 0. The van der Waals surface area contributed by atoms with Crippen molar-refractivity contribution >= 4 is 72.3 Å². The predicted molar refractivity (Wildman–Crippen MR) is 364 cm³/mol. The average Bonchev–Trinajstić information content (AvgIpc) is 1.59. The van der Waals surface area contributed by atoms with E-state index >= 15 is 0 Å². The molecule has 5 N–H and O–H groups in total. The third-order valence-electron chi connectivity index (χ3n) is 13.8. The molecule has 481 valence electrons. The molecule has 0 saturated carbocycles. The normalized spacial score (nSPS) is 10.1. The summed E-state index contributed by atoms with van der Waals surface area (Å²) in [5, 5.41) is 40.2. The van der Waals surface area contributed by atoms with Crippen molar-refractivity contribution in [1.29, 1.82) is 0 Å². The minimum absolute atomic E-state index is 0. The summed E-state index contributed by atoms with van der Waals surface area (Å²) in [6.45, 7) is 3.10. The van der Waals surface area contributed by atoms with E-state index in [0.717, 1.165) is 33.4 Å². The minimum atomic E-state index is -0.611. The number of benzene rings is 11. The van der Waals surface area contributed by atoms with Crippen LogP contribution in [-0.2, 0) is 0 Å². The summed E-state index contributed by atoms with van der Waals surface area (Å²) in [4.78, 5) is 102. The Bertz CT molecular complexity index is 4310. The number of carbonyl (C=O) groups excluding carboxylic acids is 6. The zero-order valence-electron chi connectivity index (χ0n) is 51.5. The molecule has 97 heavy (non-hydrogen) atoms. The Hall–Kier alpha value is -13.7. The molecule has 0 aromatic heterocycles. The van der Waals surface area contributed by atoms with Crippen LogP contribution in [0.4, 0.5) is 28.4 Å². The molecule has 0 aliphatic rings. The van der Waals surface area contributed by atoms with E-state index in [0.29, 0.717) is 56.3 Å². The molecule has 0 unspecified atom stereocenters. The molecule has 23 heteroatoms. The number of nitrogens with two attached hydrogens (primary N) is 2. The van der Waals surface area contributed by atoms with Crippen LogP contribution in [0.25, 0.3) is 33.4 Å². The van der Waals surface area contributed by atoms with Gasteiger partial charge in [-0.05, 0) is 181 Å². The maximum absolute atomic E-state index is 12.4. The number of phenols is 1. The third kappa shape index (κ3) is 20.7. The zero-order chi connectivity index (χ0) is 68.8. The molecule has 0 spiro atoms. The number of Topliss-reactive ketones (excluding diaryl/α,β-unsaturated/α-hetero) is 2. The lowest BCUT2D eigenvalue weighted by molar-refractivity contribution is -0.385. The lowest BCUT2D eigenvalue weighted by Crippen LogP contribution is -2.08. The number of esters is 4. The van der Waals surface area contributed by atoms with Crippen molar-refractivity contribution in [3.05, 3.63) is 331 Å². The first-order valence-corrected chi connectivity index (χ1v) is 28.7. The molecular formula is C74H55BN5O17. The number of anilines is 2. The molecule has 0 aliphatic carbocycles. The topological polar surface area (TPSA) is 341 Å². The highest BCUT2D eigenvalue weighted by atomic mass is 16.6. The molecule has 11 aromatic carbocycles. The Kier molecular flexibility index (Phi) is 24.5. The molecule has 22 nitrogen and oxygen atoms in total. The van der Waals surface area contributed by atoms with Gasteiger partial charge < -0.3 is 35.5 Å². The first-order chi connectivity index (χ1) is 46.0. The number of phenolic OH excluding ortho intramolecular Hbond substituents is 1. The molecule has 0 fully saturated rings. The van der Waals surface area contributed by atoms with E-state index in [1.807, 2.05) is 72.8 Å². The SMILES string of the molecule is CC(=O)c1ccc(-c2ccc(C(C)=O)cc2)cc1.Nc1ccc(OC(=O)c2ccc(-c3ccc(C(=O)Oc4ccc(N)cc4)cc3)cc2)cc1.O=C(Oc1ccc([N+](=O)[O-])cc1)c1ccc(-c2ccc(C(=O)Oc3ccc([N+](=O)[O-])cc3)cc2)cc1.O=[N+]([O-])c1ccc(O)cc1.[B]. The third-order valence-corrected chi connectivity index (χ3v) is 13.8. The Labute approximate surface area is 555 Å². The molecule has 0 saturated heterocycles. The van der Waals surface area contributed by atoms with Gasteiger partial charge in [-0.3, -0.25) is 39.9 Å². The number of nitro benzene ring substituents is 3. The van der Waals surface area contributed by atoms with Crippen LogP contribution >= 0.6 is 0 Å². The summed E-state index contributed by atoms with van der Waals surface area (Å²) < 4.78 is 21.2. The zero-order valence-corrected chi connectivity index (χ0v) is 51.5. The summed E-state index contributed by atoms with van der Waals surface area (Å²) in [6.07, 6.45) is 0. The second-order valence-electron chi connectivity index (χ2n) is 20.5. The summed E-state index contributed by atoms with van der Waals surface area (Å²) >= 11 is 0. The van der Waals surface area contributed by atoms with E-state index in [1.165, 1.54) is 72.8 Å². The van der Waals surface area contributed by atoms with Gasteiger partial charge in [0.05, 0.1) is 37.0 Å². The van der Waals surface area contributed by atoms with Gasteiger partial charge in [0.1, 0.15) is 28.7 Å². The monoisotopic (exact) mass is 1300 g/mol. The highest BCUT2D eigenvalue weighted by molar-refractivity contribution is 5.97. The molecule has 0 aliphatic heterocycles. The van der Waals surface area contributed by atoms with Gasteiger partial charge in [-0.2, -0.15) is 0 Å². The smallest absolute Gasteiger partial charge is 0.343 e. The van der Waals surface area contributed by atoms with Crippen LogP contribution in [0, 0.1) is 30.3 Å². The van der Waals surface area contributed by atoms with Gasteiger partial charge in [0.25, 0.3) is 17.1 Å². The molecule has 0 heterocycles. The first-order valence-electron chi connectivity index (χ1n) is 28.7. The highest BCUT2D eigenvalue weighted by Crippen LogP contribution is 2.27. The molecule has 0 bridgehead atoms. The largest absolute Gasteiger partial charge is 0.508 e. The number of nitro groups is 3. The van der Waals surface area contributed by atoms with E-state index < -0.39 is 38.6 Å². The van der Waals surface area contributed by atoms with Crippen LogP contribution in [0.1, 0.15) is 76.0 Å². The number of hydrogen-bond donors (Lipinski definition) is 3. The van der Waals surface area contributed by atoms with Crippen LogP contribution in [0.15, 0.2) is 267 Å². The standard InChI is InChI=1S/C26H16N2O8.C26H20N2O4.C16H14O2.C6H5NO3.B/c29-25(35-23-13-9-21(10-14-23)27(31)32)19-5-1-17(2-6-19)18-3-7-20(8-4-18)26(30)36-24-15-11-22(12-16-24)28(33)34;27-21-9-13-23(14-10-21)31-25(29)19-5-1-17(2-6-19)18-3-7-20(8-4-18)26(30)32-24-15-11-22(28)12-16-24;1-11(17)13-3-7-15(8-4-13)16-9-5-14(6-10-16)12(2)18;8-6-3-1-5(2-4-6)7(9)10;/h1-16H;1-16H,27-28H2;3-10H,1-2H3;1-4,8H;. The Balaban J connectivity index is 0.000000197. The number of aromatic hydroxyl groups is 1. The number of nitrogens with zero attached hydrogens (tertiary/aromatic N) is 3. The van der Waals surface area contributed by atoms with Gasteiger partial charge in [0.15, 0.2) is 11.6 Å². The van der Waals surface area contributed by atoms with Crippen molar-refractivity contribution in [3.63, 3.8) is 0 Å². The second kappa shape index (κ2) is 33.6. The summed E-state index contributed by atoms with van der Waals surface area (Å²) in [6, 6.07) is 70.8. The number of hydrogen-bond acceptors (Lipinski definition) is 19. The Morgan fingerprint density at radius 2 is 0.464 bits per heavy atom. The maximum atomic E-state index is 12.4. The van der Waals surface area contributed by atoms with Crippen molar-refractivity contribution in [1.82, 2.24) is 0 Å². The molecule has 11 aromatic rings. The predicted octanol–water partition coefficient (Wildman–Crippen LogP) is 15.2. The van der Waals surface area contributed by atoms with E-state index in [1.54, 1.807) is 135 Å². The van der Waals surface area contributed by atoms with Crippen molar-refractivity contribution in [2.45, 2.75) is 13.8 Å². The average molecular weight is 1300 g/mol. The van der Waals surface area contributed by atoms with Gasteiger partial charge in [0, 0.05) is 67.3 Å². The fraction of sp³-hybridized carbons (Fsp3) is 0.0270. The Morgan fingerprint density at radius 1 is 0.289 bits per heavy atom. The number of non-ortho nitro benzene ring substituents is 3. The first kappa shape index (κ1) is 70.8. The van der Waals surface area contributed by atoms with Gasteiger partial charge >= 0.3 is 23.9 Å². The number of carbonyl (C=O) groups is 6. The quantitative estimate of drug-likeness (QED) is 0.0154. The number of nitrogen functional groups attached to an aromatic ring is 2. The molecule has 0 amide bonds. The fourth-order valence-corrected chi connectivity index (χ4v) is 8.57. The number of ether oxygens (including phenoxy) is 4. The van der Waals surface area contributed by atoms with E-state index in [-0.39, 0.29) is 54.3 Å². The lowest BCUT2D eigenvalue weighted by Gasteiger charge is -2.07. The van der Waals surface area contributed by atoms with Crippen molar-refractivity contribution < 1.29 is 67.6 Å². The Morgan fingerprint density at radius 3 is 0.649 bits per heavy atom. The lowest BCUT2D eigenvalue weighted by atomic mass is 10.0. The molecule has 0 atom stereocenters. The molecular weight excluding hydrogens is 1240 g/mol. The van der Waals surface area contributed by atoms with Gasteiger partial charge in [-0.15, -0.1) is 0 Å². The van der Waals surface area contributed by atoms with Crippen molar-refractivity contribution in [3.8, 4) is 62.1 Å². The molecule has 3 radical (unpaired) electrons. The maximum Gasteiger partial charge on any atom is 0.343 e. The van der Waals surface area contributed by atoms with Crippen molar-refractivity contribution in [2.75, 3.05) is 11.5 Å². The van der Waals surface area contributed by atoms with Crippen molar-refractivity contribution in [2.24, 2.45) is 0 Å². The van der Waals surface area contributed by atoms with Gasteiger partial charge in [0.2, 0.25) is 0 Å².